The maximum atomic E-state index is 11.2. The van der Waals surface area contributed by atoms with E-state index in [-0.39, 0.29) is 18.5 Å². The summed E-state index contributed by atoms with van der Waals surface area (Å²) in [5, 5.41) is 26.9. The van der Waals surface area contributed by atoms with Crippen LogP contribution >= 0.6 is 0 Å². The quantitative estimate of drug-likeness (QED) is 0.505. The minimum atomic E-state index is -1.13. The first kappa shape index (κ1) is 14.3. The number of esters is 1. The summed E-state index contributed by atoms with van der Waals surface area (Å²) in [7, 11) is 0. The van der Waals surface area contributed by atoms with Crippen molar-refractivity contribution >= 4 is 5.97 Å². The zero-order chi connectivity index (χ0) is 11.9. The zero-order valence-corrected chi connectivity index (χ0v) is 9.27. The summed E-state index contributed by atoms with van der Waals surface area (Å²) in [6, 6.07) is 0. The van der Waals surface area contributed by atoms with Crippen LogP contribution in [0.1, 0.15) is 20.3 Å². The Morgan fingerprint density at radius 2 is 1.67 bits per heavy atom. The molecule has 0 amide bonds. The van der Waals surface area contributed by atoms with Crippen molar-refractivity contribution < 1.29 is 24.9 Å². The molecular formula is C10H20O5. The Balaban J connectivity index is 4.05. The van der Waals surface area contributed by atoms with Gasteiger partial charge in [0.15, 0.2) is 0 Å². The molecule has 0 saturated heterocycles. The predicted molar refractivity (Wildman–Crippen MR) is 54.1 cm³/mol. The first-order valence-electron chi connectivity index (χ1n) is 4.98. The molecule has 0 unspecified atom stereocenters. The van der Waals surface area contributed by atoms with Crippen LogP contribution in [0.2, 0.25) is 0 Å². The lowest BCUT2D eigenvalue weighted by Gasteiger charge is -2.26. The third-order valence-electron chi connectivity index (χ3n) is 2.12. The molecule has 90 valence electrons. The van der Waals surface area contributed by atoms with Crippen LogP contribution in [0.3, 0.4) is 0 Å². The van der Waals surface area contributed by atoms with Crippen LogP contribution in [-0.2, 0) is 9.53 Å². The summed E-state index contributed by atoms with van der Waals surface area (Å²) in [6.07, 6.45) is 0.290. The summed E-state index contributed by atoms with van der Waals surface area (Å²) < 4.78 is 4.87. The van der Waals surface area contributed by atoms with Crippen molar-refractivity contribution in [3.8, 4) is 0 Å². The second-order valence-corrected chi connectivity index (χ2v) is 4.23. The number of rotatable bonds is 7. The summed E-state index contributed by atoms with van der Waals surface area (Å²) in [5.41, 5.74) is -1.13. The fourth-order valence-electron chi connectivity index (χ4n) is 0.913. The SMILES string of the molecule is CC(C)CC(=O)OCC(CO)(CO)CO. The molecule has 3 N–H and O–H groups in total. The molecular weight excluding hydrogens is 200 g/mol. The van der Waals surface area contributed by atoms with E-state index in [2.05, 4.69) is 0 Å². The minimum Gasteiger partial charge on any atom is -0.465 e. The van der Waals surface area contributed by atoms with Gasteiger partial charge in [0.1, 0.15) is 6.61 Å². The van der Waals surface area contributed by atoms with Crippen molar-refractivity contribution in [1.29, 1.82) is 0 Å². The minimum absolute atomic E-state index is 0.165. The van der Waals surface area contributed by atoms with Gasteiger partial charge in [0.25, 0.3) is 0 Å². The smallest absolute Gasteiger partial charge is 0.306 e. The van der Waals surface area contributed by atoms with Gasteiger partial charge < -0.3 is 20.1 Å². The summed E-state index contributed by atoms with van der Waals surface area (Å²) in [6.45, 7) is 2.35. The molecule has 0 aromatic carbocycles. The Bertz CT molecular complexity index is 178. The Morgan fingerprint density at radius 3 is 2.00 bits per heavy atom. The van der Waals surface area contributed by atoms with Crippen molar-refractivity contribution in [3.05, 3.63) is 0 Å². The number of carbonyl (C=O) groups is 1. The molecule has 15 heavy (non-hydrogen) atoms. The van der Waals surface area contributed by atoms with Crippen molar-refractivity contribution in [2.45, 2.75) is 20.3 Å². The molecule has 0 aliphatic rings. The Hall–Kier alpha value is -0.650. The van der Waals surface area contributed by atoms with Crippen LogP contribution < -0.4 is 0 Å². The molecule has 0 atom stereocenters. The zero-order valence-electron chi connectivity index (χ0n) is 9.27. The maximum absolute atomic E-state index is 11.2. The molecule has 0 rings (SSSR count). The Labute approximate surface area is 89.7 Å². The molecule has 0 spiro atoms. The van der Waals surface area contributed by atoms with Crippen LogP contribution in [0.4, 0.5) is 0 Å². The molecule has 0 aromatic rings. The predicted octanol–water partition coefficient (Wildman–Crippen LogP) is -0.461. The monoisotopic (exact) mass is 220 g/mol. The van der Waals surface area contributed by atoms with Crippen LogP contribution in [-0.4, -0.2) is 47.7 Å². The van der Waals surface area contributed by atoms with Gasteiger partial charge in [0.05, 0.1) is 25.2 Å². The first-order chi connectivity index (χ1) is 6.99. The van der Waals surface area contributed by atoms with E-state index in [1.54, 1.807) is 0 Å². The van der Waals surface area contributed by atoms with E-state index in [4.69, 9.17) is 20.1 Å². The highest BCUT2D eigenvalue weighted by molar-refractivity contribution is 5.69. The fraction of sp³-hybridized carbons (Fsp3) is 0.900. The second kappa shape index (κ2) is 6.76. The molecule has 0 aliphatic heterocycles. The van der Waals surface area contributed by atoms with E-state index in [1.165, 1.54) is 0 Å². The summed E-state index contributed by atoms with van der Waals surface area (Å²) in [4.78, 5) is 11.2. The standard InChI is InChI=1S/C10H20O5/c1-8(2)3-9(14)15-7-10(4-11,5-12)6-13/h8,11-13H,3-7H2,1-2H3. The topological polar surface area (TPSA) is 87.0 Å². The first-order valence-corrected chi connectivity index (χ1v) is 4.98. The van der Waals surface area contributed by atoms with Crippen molar-refractivity contribution in [2.75, 3.05) is 26.4 Å². The van der Waals surface area contributed by atoms with Crippen molar-refractivity contribution in [3.63, 3.8) is 0 Å². The van der Waals surface area contributed by atoms with Crippen LogP contribution in [0, 0.1) is 11.3 Å². The highest BCUT2D eigenvalue weighted by Crippen LogP contribution is 2.15. The normalized spacial score (nSPS) is 11.9. The number of hydrogen-bond acceptors (Lipinski definition) is 5. The summed E-state index contributed by atoms with van der Waals surface area (Å²) in [5.74, 6) is -0.186. The average Bonchev–Trinajstić information content (AvgIpc) is 2.20. The van der Waals surface area contributed by atoms with Crippen LogP contribution in [0.5, 0.6) is 0 Å². The van der Waals surface area contributed by atoms with Gasteiger partial charge in [-0.05, 0) is 5.92 Å². The van der Waals surface area contributed by atoms with Gasteiger partial charge in [0.2, 0.25) is 0 Å². The van der Waals surface area contributed by atoms with E-state index in [9.17, 15) is 4.79 Å². The van der Waals surface area contributed by atoms with E-state index < -0.39 is 25.2 Å². The number of aliphatic hydroxyl groups excluding tert-OH is 3. The van der Waals surface area contributed by atoms with E-state index in [0.29, 0.717) is 6.42 Å². The van der Waals surface area contributed by atoms with Crippen LogP contribution in [0.25, 0.3) is 0 Å². The van der Waals surface area contributed by atoms with E-state index in [1.807, 2.05) is 13.8 Å². The molecule has 0 fully saturated rings. The fourth-order valence-corrected chi connectivity index (χ4v) is 0.913. The summed E-state index contributed by atoms with van der Waals surface area (Å²) >= 11 is 0. The lowest BCUT2D eigenvalue weighted by molar-refractivity contribution is -0.152. The molecule has 5 heteroatoms. The van der Waals surface area contributed by atoms with E-state index >= 15 is 0 Å². The third-order valence-corrected chi connectivity index (χ3v) is 2.12. The van der Waals surface area contributed by atoms with Gasteiger partial charge in [-0.1, -0.05) is 13.8 Å². The molecule has 0 aliphatic carbocycles. The van der Waals surface area contributed by atoms with Crippen molar-refractivity contribution in [2.24, 2.45) is 11.3 Å². The third kappa shape index (κ3) is 5.11. The van der Waals surface area contributed by atoms with Crippen LogP contribution in [0.15, 0.2) is 0 Å². The Morgan fingerprint density at radius 1 is 1.20 bits per heavy atom. The van der Waals surface area contributed by atoms with E-state index in [0.717, 1.165) is 0 Å². The molecule has 0 bridgehead atoms. The van der Waals surface area contributed by atoms with Gasteiger partial charge in [0, 0.05) is 6.42 Å². The molecule has 0 heterocycles. The largest absolute Gasteiger partial charge is 0.465 e. The second-order valence-electron chi connectivity index (χ2n) is 4.23. The molecule has 0 aromatic heterocycles. The molecule has 0 saturated carbocycles. The molecule has 5 nitrogen and oxygen atoms in total. The lowest BCUT2D eigenvalue weighted by atomic mass is 9.92. The van der Waals surface area contributed by atoms with Gasteiger partial charge in [-0.25, -0.2) is 0 Å². The van der Waals surface area contributed by atoms with Gasteiger partial charge >= 0.3 is 5.97 Å². The number of hydrogen-bond donors (Lipinski definition) is 3. The highest BCUT2D eigenvalue weighted by Gasteiger charge is 2.30. The Kier molecular flexibility index (Phi) is 6.47. The van der Waals surface area contributed by atoms with Gasteiger partial charge in [-0.15, -0.1) is 0 Å². The lowest BCUT2D eigenvalue weighted by Crippen LogP contribution is -2.39. The number of carbonyl (C=O) groups excluding carboxylic acids is 1. The molecule has 0 radical (unpaired) electrons. The highest BCUT2D eigenvalue weighted by atomic mass is 16.5. The van der Waals surface area contributed by atoms with Gasteiger partial charge in [-0.3, -0.25) is 4.79 Å². The maximum Gasteiger partial charge on any atom is 0.306 e. The number of ether oxygens (including phenoxy) is 1. The average molecular weight is 220 g/mol. The number of aliphatic hydroxyl groups is 3. The van der Waals surface area contributed by atoms with Gasteiger partial charge in [-0.2, -0.15) is 0 Å². The van der Waals surface area contributed by atoms with Crippen molar-refractivity contribution in [1.82, 2.24) is 0 Å².